The van der Waals surface area contributed by atoms with E-state index in [0.717, 1.165) is 16.8 Å². The van der Waals surface area contributed by atoms with Gasteiger partial charge in [-0.2, -0.15) is 5.26 Å². The molecule has 0 atom stereocenters. The maximum atomic E-state index is 12.8. The molecule has 0 bridgehead atoms. The summed E-state index contributed by atoms with van der Waals surface area (Å²) in [6.07, 6.45) is 1.77. The molecule has 2 heterocycles. The van der Waals surface area contributed by atoms with Gasteiger partial charge in [0, 0.05) is 12.2 Å². The van der Waals surface area contributed by atoms with Crippen LogP contribution < -0.4 is 10.7 Å². The summed E-state index contributed by atoms with van der Waals surface area (Å²) < 4.78 is 6.58. The van der Waals surface area contributed by atoms with Gasteiger partial charge in [0.2, 0.25) is 16.9 Å². The van der Waals surface area contributed by atoms with Gasteiger partial charge >= 0.3 is 0 Å². The van der Waals surface area contributed by atoms with Crippen molar-refractivity contribution in [1.82, 2.24) is 14.9 Å². The maximum Gasteiger partial charge on any atom is 0.237 e. The Bertz CT molecular complexity index is 1010. The summed E-state index contributed by atoms with van der Waals surface area (Å²) >= 11 is 1.19. The molecule has 3 rings (SSSR count). The summed E-state index contributed by atoms with van der Waals surface area (Å²) in [4.78, 5) is 14.5. The molecule has 28 heavy (non-hydrogen) atoms. The van der Waals surface area contributed by atoms with Crippen LogP contribution in [0, 0.1) is 25.2 Å². The van der Waals surface area contributed by atoms with Gasteiger partial charge in [0.15, 0.2) is 5.76 Å². The Morgan fingerprint density at radius 3 is 2.82 bits per heavy atom. The average Bonchev–Trinajstić information content (AvgIpc) is 3.33. The van der Waals surface area contributed by atoms with Crippen LogP contribution in [0.5, 0.6) is 0 Å². The number of anilines is 1. The van der Waals surface area contributed by atoms with Crippen molar-refractivity contribution in [3.8, 4) is 17.7 Å². The topological polar surface area (TPSA) is 114 Å². The van der Waals surface area contributed by atoms with Crippen LogP contribution in [0.2, 0.25) is 0 Å². The first-order valence-electron chi connectivity index (χ1n) is 8.63. The van der Waals surface area contributed by atoms with E-state index in [9.17, 15) is 4.79 Å². The number of thioether (sulfide) groups is 1. The monoisotopic (exact) mass is 396 g/mol. The third-order valence-corrected chi connectivity index (χ3v) is 5.21. The van der Waals surface area contributed by atoms with E-state index in [1.54, 1.807) is 17.0 Å². The number of rotatable bonds is 7. The number of nitrogens with zero attached hydrogens (tertiary/aromatic N) is 5. The third kappa shape index (κ3) is 4.18. The molecular formula is C19H20N6O2S. The van der Waals surface area contributed by atoms with Gasteiger partial charge in [-0.05, 0) is 49.2 Å². The van der Waals surface area contributed by atoms with Crippen LogP contribution in [-0.4, -0.2) is 33.1 Å². The molecule has 9 heteroatoms. The quantitative estimate of drug-likeness (QED) is 0.482. The average molecular weight is 396 g/mol. The fourth-order valence-corrected chi connectivity index (χ4v) is 3.34. The van der Waals surface area contributed by atoms with E-state index in [1.165, 1.54) is 22.7 Å². The molecule has 144 valence electrons. The van der Waals surface area contributed by atoms with Crippen molar-refractivity contribution >= 4 is 23.4 Å². The lowest BCUT2D eigenvalue weighted by Crippen LogP contribution is -2.33. The number of hydrogen-bond donors (Lipinski definition) is 1. The van der Waals surface area contributed by atoms with Crippen molar-refractivity contribution in [3.05, 3.63) is 47.7 Å². The number of nitriles is 1. The SMILES string of the molecule is Cc1ccc(N(CCC#N)C(=O)CSc2nnc(-c3ccco3)n2N)cc1C. The number of furan rings is 1. The van der Waals surface area contributed by atoms with Crippen molar-refractivity contribution in [3.63, 3.8) is 0 Å². The summed E-state index contributed by atoms with van der Waals surface area (Å²) in [5, 5.41) is 17.4. The number of nitrogens with two attached hydrogens (primary N) is 1. The van der Waals surface area contributed by atoms with E-state index in [4.69, 9.17) is 15.5 Å². The number of aromatic nitrogens is 3. The lowest BCUT2D eigenvalue weighted by atomic mass is 10.1. The van der Waals surface area contributed by atoms with Gasteiger partial charge < -0.3 is 15.2 Å². The molecule has 8 nitrogen and oxygen atoms in total. The Morgan fingerprint density at radius 2 is 2.14 bits per heavy atom. The summed E-state index contributed by atoms with van der Waals surface area (Å²) in [5.41, 5.74) is 3.01. The highest BCUT2D eigenvalue weighted by Gasteiger charge is 2.19. The smallest absolute Gasteiger partial charge is 0.237 e. The number of aryl methyl sites for hydroxylation is 2. The van der Waals surface area contributed by atoms with Gasteiger partial charge in [-0.15, -0.1) is 10.2 Å². The van der Waals surface area contributed by atoms with Gasteiger partial charge in [-0.25, -0.2) is 4.68 Å². The molecule has 0 spiro atoms. The first-order valence-corrected chi connectivity index (χ1v) is 9.61. The number of benzene rings is 1. The molecular weight excluding hydrogens is 376 g/mol. The number of carbonyl (C=O) groups is 1. The van der Waals surface area contributed by atoms with Crippen LogP contribution in [-0.2, 0) is 4.79 Å². The standard InChI is InChI=1S/C19H20N6O2S/c1-13-6-7-15(11-14(13)2)24(9-4-8-20)17(26)12-28-19-23-22-18(25(19)21)16-5-3-10-27-16/h3,5-7,10-11H,4,9,12,21H2,1-2H3. The molecule has 3 aromatic rings. The molecule has 1 aromatic carbocycles. The maximum absolute atomic E-state index is 12.8. The Labute approximate surface area is 166 Å². The van der Waals surface area contributed by atoms with Crippen molar-refractivity contribution < 1.29 is 9.21 Å². The van der Waals surface area contributed by atoms with Crippen LogP contribution in [0.1, 0.15) is 17.5 Å². The second kappa shape index (κ2) is 8.63. The number of amides is 1. The van der Waals surface area contributed by atoms with Crippen molar-refractivity contribution in [2.75, 3.05) is 23.0 Å². The van der Waals surface area contributed by atoms with Gasteiger partial charge in [-0.3, -0.25) is 4.79 Å². The van der Waals surface area contributed by atoms with Gasteiger partial charge in [0.1, 0.15) is 0 Å². The highest BCUT2D eigenvalue weighted by molar-refractivity contribution is 7.99. The molecule has 0 saturated carbocycles. The fraction of sp³-hybridized carbons (Fsp3) is 0.263. The van der Waals surface area contributed by atoms with E-state index >= 15 is 0 Å². The van der Waals surface area contributed by atoms with Gasteiger partial charge in [-0.1, -0.05) is 17.8 Å². The van der Waals surface area contributed by atoms with Crippen LogP contribution >= 0.6 is 11.8 Å². The Kier molecular flexibility index (Phi) is 6.01. The second-order valence-electron chi connectivity index (χ2n) is 6.16. The first-order chi connectivity index (χ1) is 13.5. The van der Waals surface area contributed by atoms with Crippen LogP contribution in [0.25, 0.3) is 11.6 Å². The van der Waals surface area contributed by atoms with Crippen molar-refractivity contribution in [2.24, 2.45) is 0 Å². The number of nitrogen functional groups attached to an aromatic ring is 1. The second-order valence-corrected chi connectivity index (χ2v) is 7.11. The summed E-state index contributed by atoms with van der Waals surface area (Å²) in [6, 6.07) is 11.4. The largest absolute Gasteiger partial charge is 0.461 e. The highest BCUT2D eigenvalue weighted by Crippen LogP contribution is 2.24. The van der Waals surface area contributed by atoms with Crippen LogP contribution in [0.3, 0.4) is 0 Å². The predicted octanol–water partition coefficient (Wildman–Crippen LogP) is 2.91. The highest BCUT2D eigenvalue weighted by atomic mass is 32.2. The molecule has 0 radical (unpaired) electrons. The van der Waals surface area contributed by atoms with Crippen LogP contribution in [0.15, 0.2) is 46.2 Å². The zero-order chi connectivity index (χ0) is 20.1. The molecule has 0 fully saturated rings. The normalized spacial score (nSPS) is 10.6. The first kappa shape index (κ1) is 19.5. The van der Waals surface area contributed by atoms with E-state index in [1.807, 2.05) is 32.0 Å². The summed E-state index contributed by atoms with van der Waals surface area (Å²) in [5.74, 6) is 6.89. The molecule has 0 aliphatic heterocycles. The lowest BCUT2D eigenvalue weighted by molar-refractivity contribution is -0.116. The fourth-order valence-electron chi connectivity index (χ4n) is 2.61. The summed E-state index contributed by atoms with van der Waals surface area (Å²) in [6.45, 7) is 4.33. The zero-order valence-corrected chi connectivity index (χ0v) is 16.4. The molecule has 0 saturated heterocycles. The van der Waals surface area contributed by atoms with E-state index < -0.39 is 0 Å². The van der Waals surface area contributed by atoms with Gasteiger partial charge in [0.05, 0.1) is 24.5 Å². The number of hydrogen-bond acceptors (Lipinski definition) is 7. The third-order valence-electron chi connectivity index (χ3n) is 4.28. The minimum absolute atomic E-state index is 0.117. The van der Waals surface area contributed by atoms with E-state index in [0.29, 0.717) is 23.3 Å². The van der Waals surface area contributed by atoms with Gasteiger partial charge in [0.25, 0.3) is 0 Å². The van der Waals surface area contributed by atoms with Crippen LogP contribution in [0.4, 0.5) is 5.69 Å². The van der Waals surface area contributed by atoms with E-state index in [2.05, 4.69) is 16.3 Å². The Hall–Kier alpha value is -3.25. The molecule has 2 aromatic heterocycles. The number of carbonyl (C=O) groups excluding carboxylic acids is 1. The summed E-state index contributed by atoms with van der Waals surface area (Å²) in [7, 11) is 0. The predicted molar refractivity (Wildman–Crippen MR) is 107 cm³/mol. The molecule has 1 amide bonds. The minimum atomic E-state index is -0.133. The molecule has 0 aliphatic rings. The van der Waals surface area contributed by atoms with Crippen molar-refractivity contribution in [2.45, 2.75) is 25.4 Å². The molecule has 2 N–H and O–H groups in total. The molecule has 0 unspecified atom stereocenters. The lowest BCUT2D eigenvalue weighted by Gasteiger charge is -2.22. The minimum Gasteiger partial charge on any atom is -0.461 e. The Balaban J connectivity index is 1.74. The van der Waals surface area contributed by atoms with Crippen molar-refractivity contribution in [1.29, 1.82) is 5.26 Å². The Morgan fingerprint density at radius 1 is 1.32 bits per heavy atom. The zero-order valence-electron chi connectivity index (χ0n) is 15.6. The molecule has 0 aliphatic carbocycles. The van der Waals surface area contributed by atoms with E-state index in [-0.39, 0.29) is 18.1 Å².